The van der Waals surface area contributed by atoms with Crippen LogP contribution >= 0.6 is 23.2 Å². The number of benzene rings is 2. The summed E-state index contributed by atoms with van der Waals surface area (Å²) in [5, 5.41) is 10.4. The van der Waals surface area contributed by atoms with Crippen LogP contribution in [-0.2, 0) is 6.54 Å². The Morgan fingerprint density at radius 3 is 2.52 bits per heavy atom. The molecule has 8 heteroatoms. The second kappa shape index (κ2) is 6.88. The maximum Gasteiger partial charge on any atom is 0.166 e. The predicted molar refractivity (Wildman–Crippen MR) is 105 cm³/mol. The van der Waals surface area contributed by atoms with E-state index in [1.165, 1.54) is 0 Å². The highest BCUT2D eigenvalue weighted by molar-refractivity contribution is 6.36. The van der Waals surface area contributed by atoms with Gasteiger partial charge in [-0.25, -0.2) is 15.0 Å². The number of anilines is 1. The summed E-state index contributed by atoms with van der Waals surface area (Å²) in [7, 11) is 0. The van der Waals surface area contributed by atoms with Gasteiger partial charge in [-0.15, -0.1) is 0 Å². The number of nitrogens with zero attached hydrogens (tertiary/aromatic N) is 5. The number of rotatable bonds is 3. The second-order valence-electron chi connectivity index (χ2n) is 5.83. The Labute approximate surface area is 165 Å². The minimum absolute atomic E-state index is 0.264. The van der Waals surface area contributed by atoms with Crippen molar-refractivity contribution in [1.29, 1.82) is 5.26 Å². The standard InChI is InChI=1S/C19H12Cl2N6/c20-14-6-3-7-15(21)13(14)9-27-10-24-17(23)16-19(27)26-18(25-16)12-5-2-1-4-11(12)8-22/h1-7,10H,9,23H2. The van der Waals surface area contributed by atoms with Crippen LogP contribution in [0, 0.1) is 11.3 Å². The van der Waals surface area contributed by atoms with Crippen molar-refractivity contribution in [2.24, 2.45) is 0 Å². The molecule has 0 fully saturated rings. The number of halogens is 2. The van der Waals surface area contributed by atoms with Gasteiger partial charge < -0.3 is 10.3 Å². The molecule has 0 aliphatic carbocycles. The van der Waals surface area contributed by atoms with Crippen LogP contribution in [0.25, 0.3) is 22.9 Å². The van der Waals surface area contributed by atoms with E-state index in [2.05, 4.69) is 21.0 Å². The van der Waals surface area contributed by atoms with Crippen LogP contribution in [0.2, 0.25) is 10.0 Å². The molecule has 0 spiro atoms. The van der Waals surface area contributed by atoms with Gasteiger partial charge in [0.25, 0.3) is 0 Å². The van der Waals surface area contributed by atoms with Gasteiger partial charge in [0, 0.05) is 21.2 Å². The Bertz CT molecular complexity index is 1140. The van der Waals surface area contributed by atoms with E-state index in [9.17, 15) is 5.26 Å². The Balaban J connectivity index is 1.86. The van der Waals surface area contributed by atoms with Crippen molar-refractivity contribution in [3.05, 3.63) is 70.0 Å². The molecule has 2 aromatic rings. The summed E-state index contributed by atoms with van der Waals surface area (Å²) in [6.07, 6.45) is 1.58. The number of aromatic nitrogens is 4. The zero-order valence-electron chi connectivity index (χ0n) is 13.9. The van der Waals surface area contributed by atoms with E-state index in [4.69, 9.17) is 28.9 Å². The van der Waals surface area contributed by atoms with Crippen LogP contribution in [-0.4, -0.2) is 19.5 Å². The van der Waals surface area contributed by atoms with Crippen LogP contribution in [0.5, 0.6) is 0 Å². The van der Waals surface area contributed by atoms with E-state index in [0.717, 1.165) is 5.56 Å². The smallest absolute Gasteiger partial charge is 0.166 e. The van der Waals surface area contributed by atoms with Crippen molar-refractivity contribution < 1.29 is 0 Å². The largest absolute Gasteiger partial charge is 0.382 e. The van der Waals surface area contributed by atoms with Crippen LogP contribution in [0.3, 0.4) is 0 Å². The molecular weight excluding hydrogens is 383 g/mol. The lowest BCUT2D eigenvalue weighted by molar-refractivity contribution is 0.763. The first-order valence-corrected chi connectivity index (χ1v) is 8.75. The first-order chi connectivity index (χ1) is 13.1. The van der Waals surface area contributed by atoms with Crippen molar-refractivity contribution >= 4 is 29.0 Å². The van der Waals surface area contributed by atoms with Gasteiger partial charge in [-0.1, -0.05) is 41.4 Å². The number of nitrogens with two attached hydrogens (primary N) is 1. The third kappa shape index (κ3) is 3.08. The van der Waals surface area contributed by atoms with Gasteiger partial charge in [0.2, 0.25) is 0 Å². The van der Waals surface area contributed by atoms with Gasteiger partial charge in [-0.05, 0) is 24.3 Å². The SMILES string of the molecule is N#Cc1ccccc1-c1nc2c(N)ncn(Cc3c(Cl)cccc3Cl)c-2n1. The quantitative estimate of drug-likeness (QED) is 0.560. The summed E-state index contributed by atoms with van der Waals surface area (Å²) in [5.41, 5.74) is 8.33. The summed E-state index contributed by atoms with van der Waals surface area (Å²) in [4.78, 5) is 13.3. The Kier molecular flexibility index (Phi) is 4.40. The molecular formula is C19H12Cl2N6. The fraction of sp³-hybridized carbons (Fsp3) is 0.0526. The van der Waals surface area contributed by atoms with E-state index < -0.39 is 0 Å². The highest BCUT2D eigenvalue weighted by Gasteiger charge is 2.21. The molecule has 27 heavy (non-hydrogen) atoms. The Morgan fingerprint density at radius 2 is 1.78 bits per heavy atom. The van der Waals surface area contributed by atoms with Gasteiger partial charge in [0.1, 0.15) is 0 Å². The Morgan fingerprint density at radius 1 is 1.04 bits per heavy atom. The summed E-state index contributed by atoms with van der Waals surface area (Å²) in [5.74, 6) is 1.22. The molecule has 2 heterocycles. The normalized spacial score (nSPS) is 10.9. The van der Waals surface area contributed by atoms with Gasteiger partial charge >= 0.3 is 0 Å². The van der Waals surface area contributed by atoms with Crippen molar-refractivity contribution in [2.75, 3.05) is 5.73 Å². The molecule has 0 atom stereocenters. The predicted octanol–water partition coefficient (Wildman–Crippen LogP) is 4.25. The molecule has 0 amide bonds. The van der Waals surface area contributed by atoms with Gasteiger partial charge in [-0.2, -0.15) is 5.26 Å². The van der Waals surface area contributed by atoms with Crippen LogP contribution in [0.15, 0.2) is 48.8 Å². The van der Waals surface area contributed by atoms with E-state index in [0.29, 0.717) is 45.1 Å². The Hall–Kier alpha value is -3.14. The number of hydrogen-bond donors (Lipinski definition) is 1. The maximum absolute atomic E-state index is 9.34. The third-order valence-electron chi connectivity index (χ3n) is 4.17. The lowest BCUT2D eigenvalue weighted by Gasteiger charge is -2.13. The zero-order valence-corrected chi connectivity index (χ0v) is 15.4. The first kappa shape index (κ1) is 17.3. The van der Waals surface area contributed by atoms with E-state index in [1.54, 1.807) is 47.3 Å². The van der Waals surface area contributed by atoms with E-state index in [-0.39, 0.29) is 5.82 Å². The van der Waals surface area contributed by atoms with Gasteiger partial charge in [0.15, 0.2) is 23.2 Å². The fourth-order valence-electron chi connectivity index (χ4n) is 2.82. The van der Waals surface area contributed by atoms with Gasteiger partial charge in [0.05, 0.1) is 24.5 Å². The minimum Gasteiger partial charge on any atom is -0.382 e. The molecule has 2 aliphatic rings. The second-order valence-corrected chi connectivity index (χ2v) is 6.65. The van der Waals surface area contributed by atoms with E-state index in [1.807, 2.05) is 6.07 Å². The van der Waals surface area contributed by atoms with Crippen LogP contribution in [0.4, 0.5) is 5.82 Å². The average molecular weight is 395 g/mol. The van der Waals surface area contributed by atoms with Crippen LogP contribution in [0.1, 0.15) is 11.1 Å². The molecule has 0 aromatic heterocycles. The fourth-order valence-corrected chi connectivity index (χ4v) is 3.34. The molecule has 4 rings (SSSR count). The molecule has 0 bridgehead atoms. The van der Waals surface area contributed by atoms with Crippen LogP contribution < -0.4 is 5.73 Å². The zero-order chi connectivity index (χ0) is 19.0. The van der Waals surface area contributed by atoms with Crippen molar-refractivity contribution in [3.8, 4) is 29.0 Å². The lowest BCUT2D eigenvalue weighted by atomic mass is 10.1. The summed E-state index contributed by atoms with van der Waals surface area (Å²) in [6.45, 7) is 0.361. The summed E-state index contributed by atoms with van der Waals surface area (Å²) >= 11 is 12.6. The van der Waals surface area contributed by atoms with E-state index >= 15 is 0 Å². The number of nitriles is 1. The third-order valence-corrected chi connectivity index (χ3v) is 4.88. The minimum atomic E-state index is 0.264. The average Bonchev–Trinajstić information content (AvgIpc) is 3.13. The van der Waals surface area contributed by atoms with Crippen molar-refractivity contribution in [2.45, 2.75) is 6.54 Å². The lowest BCUT2D eigenvalue weighted by Crippen LogP contribution is -2.09. The molecule has 2 aliphatic heterocycles. The molecule has 2 aromatic carbocycles. The van der Waals surface area contributed by atoms with Crippen molar-refractivity contribution in [3.63, 3.8) is 0 Å². The first-order valence-electron chi connectivity index (χ1n) is 7.99. The maximum atomic E-state index is 9.34. The van der Waals surface area contributed by atoms with Gasteiger partial charge in [-0.3, -0.25) is 0 Å². The number of hydrogen-bond acceptors (Lipinski definition) is 5. The summed E-state index contributed by atoms with van der Waals surface area (Å²) < 4.78 is 1.78. The molecule has 0 saturated heterocycles. The topological polar surface area (TPSA) is 93.4 Å². The summed E-state index contributed by atoms with van der Waals surface area (Å²) in [6, 6.07) is 14.6. The highest BCUT2D eigenvalue weighted by atomic mass is 35.5. The number of nitrogen functional groups attached to an aromatic ring is 1. The van der Waals surface area contributed by atoms with Crippen molar-refractivity contribution in [1.82, 2.24) is 19.5 Å². The number of fused-ring (bicyclic) bond motifs is 1. The molecule has 132 valence electrons. The molecule has 6 nitrogen and oxygen atoms in total. The molecule has 0 unspecified atom stereocenters. The molecule has 2 N–H and O–H groups in total. The monoisotopic (exact) mass is 394 g/mol. The molecule has 0 radical (unpaired) electrons. The molecule has 0 saturated carbocycles. The highest BCUT2D eigenvalue weighted by Crippen LogP contribution is 2.31. The number of imidazole rings is 1.